The molecule has 0 aliphatic carbocycles. The molecule has 80 valence electrons. The van der Waals surface area contributed by atoms with Gasteiger partial charge < -0.3 is 4.72 Å². The van der Waals surface area contributed by atoms with Crippen molar-refractivity contribution < 1.29 is 9.22 Å². The molecule has 1 aromatic rings. The van der Waals surface area contributed by atoms with Crippen molar-refractivity contribution in [2.75, 3.05) is 11.8 Å². The van der Waals surface area contributed by atoms with Crippen LogP contribution in [0.5, 0.6) is 0 Å². The summed E-state index contributed by atoms with van der Waals surface area (Å²) >= 11 is 2.75. The third-order valence-electron chi connectivity index (χ3n) is 1.72. The van der Waals surface area contributed by atoms with E-state index in [0.717, 1.165) is 17.9 Å². The van der Waals surface area contributed by atoms with Crippen LogP contribution in [0.4, 0.5) is 5.69 Å². The standard InChI is InChI=1S/C9H15NO2S2/c1-9(2,3)7-5-13-6-8(7)10-14-12-11-4/h5-6,10H,1-4H3. The zero-order valence-electron chi connectivity index (χ0n) is 8.79. The van der Waals surface area contributed by atoms with Crippen molar-refractivity contribution in [3.05, 3.63) is 16.3 Å². The summed E-state index contributed by atoms with van der Waals surface area (Å²) in [7, 11) is 1.48. The van der Waals surface area contributed by atoms with E-state index in [1.54, 1.807) is 11.3 Å². The van der Waals surface area contributed by atoms with Crippen molar-refractivity contribution in [1.29, 1.82) is 0 Å². The lowest BCUT2D eigenvalue weighted by Gasteiger charge is -2.19. The largest absolute Gasteiger partial charge is 0.303 e. The molecule has 0 saturated carbocycles. The van der Waals surface area contributed by atoms with E-state index in [1.165, 1.54) is 12.7 Å². The molecular formula is C9H15NO2S2. The molecule has 0 bridgehead atoms. The highest BCUT2D eigenvalue weighted by atomic mass is 32.2. The molecule has 3 nitrogen and oxygen atoms in total. The van der Waals surface area contributed by atoms with Gasteiger partial charge in [-0.25, -0.2) is 4.89 Å². The lowest BCUT2D eigenvalue weighted by atomic mass is 9.88. The predicted molar refractivity (Wildman–Crippen MR) is 62.3 cm³/mol. The van der Waals surface area contributed by atoms with Gasteiger partial charge in [-0.05, 0) is 16.4 Å². The minimum atomic E-state index is 0.149. The first kappa shape index (κ1) is 11.8. The van der Waals surface area contributed by atoms with Crippen LogP contribution in [0.1, 0.15) is 26.3 Å². The van der Waals surface area contributed by atoms with E-state index < -0.39 is 0 Å². The lowest BCUT2D eigenvalue weighted by Crippen LogP contribution is -2.11. The summed E-state index contributed by atoms with van der Waals surface area (Å²) in [6.45, 7) is 6.55. The normalized spacial score (nSPS) is 11.7. The second kappa shape index (κ2) is 5.02. The molecule has 0 aliphatic heterocycles. The average Bonchev–Trinajstić information content (AvgIpc) is 2.52. The summed E-state index contributed by atoms with van der Waals surface area (Å²) in [5.74, 6) is 0. The summed E-state index contributed by atoms with van der Waals surface area (Å²) < 4.78 is 7.77. The summed E-state index contributed by atoms with van der Waals surface area (Å²) in [6, 6.07) is 0. The summed E-state index contributed by atoms with van der Waals surface area (Å²) in [6.07, 6.45) is 0. The fourth-order valence-electron chi connectivity index (χ4n) is 1.05. The third kappa shape index (κ3) is 3.16. The Kier molecular flexibility index (Phi) is 4.25. The quantitative estimate of drug-likeness (QED) is 0.283. The molecule has 0 atom stereocenters. The fourth-order valence-corrected chi connectivity index (χ4v) is 2.49. The van der Waals surface area contributed by atoms with Crippen LogP contribution in [-0.4, -0.2) is 7.11 Å². The molecule has 1 heterocycles. The van der Waals surface area contributed by atoms with E-state index in [9.17, 15) is 0 Å². The van der Waals surface area contributed by atoms with Gasteiger partial charge in [0.15, 0.2) is 0 Å². The summed E-state index contributed by atoms with van der Waals surface area (Å²) in [4.78, 5) is 4.47. The maximum absolute atomic E-state index is 4.68. The van der Waals surface area contributed by atoms with E-state index in [1.807, 2.05) is 0 Å². The lowest BCUT2D eigenvalue weighted by molar-refractivity contribution is -0.159. The first-order valence-electron chi connectivity index (χ1n) is 4.24. The summed E-state index contributed by atoms with van der Waals surface area (Å²) in [5, 5.41) is 4.21. The van der Waals surface area contributed by atoms with Crippen LogP contribution in [0.3, 0.4) is 0 Å². The zero-order valence-corrected chi connectivity index (χ0v) is 10.4. The van der Waals surface area contributed by atoms with Gasteiger partial charge in [0.05, 0.1) is 12.8 Å². The van der Waals surface area contributed by atoms with E-state index in [4.69, 9.17) is 0 Å². The van der Waals surface area contributed by atoms with Crippen molar-refractivity contribution in [2.45, 2.75) is 26.2 Å². The maximum atomic E-state index is 4.68. The average molecular weight is 233 g/mol. The van der Waals surface area contributed by atoms with Crippen LogP contribution in [-0.2, 0) is 14.6 Å². The zero-order chi connectivity index (χ0) is 10.6. The SMILES string of the molecule is COOSNc1cscc1C(C)(C)C. The van der Waals surface area contributed by atoms with Gasteiger partial charge in [-0.15, -0.1) is 15.7 Å². The van der Waals surface area contributed by atoms with Crippen molar-refractivity contribution in [3.8, 4) is 0 Å². The molecular weight excluding hydrogens is 218 g/mol. The monoisotopic (exact) mass is 233 g/mol. The van der Waals surface area contributed by atoms with Gasteiger partial charge in [0.25, 0.3) is 0 Å². The van der Waals surface area contributed by atoms with Crippen LogP contribution in [0, 0.1) is 0 Å². The minimum Gasteiger partial charge on any atom is -0.303 e. The number of hydrogen-bond acceptors (Lipinski definition) is 5. The Morgan fingerprint density at radius 3 is 2.64 bits per heavy atom. The van der Waals surface area contributed by atoms with E-state index >= 15 is 0 Å². The number of anilines is 1. The van der Waals surface area contributed by atoms with Gasteiger partial charge in [0.1, 0.15) is 12.2 Å². The van der Waals surface area contributed by atoms with Gasteiger partial charge in [-0.2, -0.15) is 0 Å². The van der Waals surface area contributed by atoms with E-state index in [-0.39, 0.29) is 5.41 Å². The number of nitrogens with one attached hydrogen (secondary N) is 1. The van der Waals surface area contributed by atoms with Crippen LogP contribution in [0.25, 0.3) is 0 Å². The maximum Gasteiger partial charge on any atom is 0.148 e. The Morgan fingerprint density at radius 1 is 1.36 bits per heavy atom. The molecule has 0 aliphatic rings. The van der Waals surface area contributed by atoms with Gasteiger partial charge >= 0.3 is 0 Å². The topological polar surface area (TPSA) is 30.5 Å². The van der Waals surface area contributed by atoms with E-state index in [2.05, 4.69) is 45.5 Å². The second-order valence-corrected chi connectivity index (χ2v) is 5.12. The Hall–Kier alpha value is -0.230. The fraction of sp³-hybridized carbons (Fsp3) is 0.556. The molecule has 1 N–H and O–H groups in total. The minimum absolute atomic E-state index is 0.149. The van der Waals surface area contributed by atoms with Crippen LogP contribution >= 0.6 is 23.6 Å². The van der Waals surface area contributed by atoms with Crippen LogP contribution in [0.15, 0.2) is 10.8 Å². The molecule has 0 aromatic carbocycles. The van der Waals surface area contributed by atoms with Crippen molar-refractivity contribution >= 4 is 29.3 Å². The molecule has 0 amide bonds. The number of rotatable bonds is 4. The Morgan fingerprint density at radius 2 is 2.07 bits per heavy atom. The first-order chi connectivity index (χ1) is 6.55. The van der Waals surface area contributed by atoms with Gasteiger partial charge in [-0.1, -0.05) is 20.8 Å². The number of hydrogen-bond donors (Lipinski definition) is 1. The van der Waals surface area contributed by atoms with Crippen molar-refractivity contribution in [1.82, 2.24) is 0 Å². The summed E-state index contributed by atoms with van der Waals surface area (Å²) in [5.41, 5.74) is 2.52. The molecule has 1 aromatic heterocycles. The molecule has 0 unspecified atom stereocenters. The van der Waals surface area contributed by atoms with Crippen molar-refractivity contribution in [3.63, 3.8) is 0 Å². The third-order valence-corrected chi connectivity index (χ3v) is 2.97. The highest BCUT2D eigenvalue weighted by Crippen LogP contribution is 2.33. The predicted octanol–water partition coefficient (Wildman–Crippen LogP) is 3.60. The number of thiophene rings is 1. The van der Waals surface area contributed by atoms with Crippen LogP contribution in [0.2, 0.25) is 0 Å². The smallest absolute Gasteiger partial charge is 0.148 e. The van der Waals surface area contributed by atoms with Gasteiger partial charge in [0.2, 0.25) is 0 Å². The Bertz CT molecular complexity index is 281. The molecule has 0 radical (unpaired) electrons. The molecule has 0 spiro atoms. The second-order valence-electron chi connectivity index (χ2n) is 3.87. The molecule has 1 rings (SSSR count). The highest BCUT2D eigenvalue weighted by Gasteiger charge is 2.18. The molecule has 0 fully saturated rings. The molecule has 0 saturated heterocycles. The van der Waals surface area contributed by atoms with Gasteiger partial charge in [0, 0.05) is 5.38 Å². The Balaban J connectivity index is 2.63. The van der Waals surface area contributed by atoms with Gasteiger partial charge in [-0.3, -0.25) is 0 Å². The molecule has 5 heteroatoms. The van der Waals surface area contributed by atoms with Crippen LogP contribution < -0.4 is 4.72 Å². The highest BCUT2D eigenvalue weighted by molar-refractivity contribution is 7.95. The Labute approximate surface area is 93.1 Å². The van der Waals surface area contributed by atoms with E-state index in [0.29, 0.717) is 0 Å². The first-order valence-corrected chi connectivity index (χ1v) is 5.93. The molecule has 14 heavy (non-hydrogen) atoms. The van der Waals surface area contributed by atoms with Crippen molar-refractivity contribution in [2.24, 2.45) is 0 Å².